The predicted octanol–water partition coefficient (Wildman–Crippen LogP) is 3.68. The van der Waals surface area contributed by atoms with E-state index < -0.39 is 11.3 Å². The Balaban J connectivity index is 2.98. The third kappa shape index (κ3) is 3.26. The number of nitrogens with zero attached hydrogens (tertiary/aromatic N) is 2. The average molecular weight is 287 g/mol. The van der Waals surface area contributed by atoms with Gasteiger partial charge in [0, 0.05) is 10.7 Å². The van der Waals surface area contributed by atoms with E-state index in [0.29, 0.717) is 4.47 Å². The number of aliphatic imine (C=N–C) groups is 1. The standard InChI is InChI=1S/C7H3BrClF3N2/c8-4-1-5(3-13-2-4)14-6(9)7(10,11)12/h1-3H. The fraction of sp³-hybridized carbons (Fsp3) is 0.143. The second kappa shape index (κ2) is 4.27. The van der Waals surface area contributed by atoms with E-state index in [0.717, 1.165) is 0 Å². The van der Waals surface area contributed by atoms with Crippen LogP contribution < -0.4 is 0 Å². The highest BCUT2D eigenvalue weighted by Crippen LogP contribution is 2.24. The summed E-state index contributed by atoms with van der Waals surface area (Å²) < 4.78 is 36.4. The van der Waals surface area contributed by atoms with Gasteiger partial charge in [-0.1, -0.05) is 11.6 Å². The summed E-state index contributed by atoms with van der Waals surface area (Å²) in [5, 5.41) is -1.42. The molecule has 0 aliphatic heterocycles. The maximum Gasteiger partial charge on any atom is 0.444 e. The Morgan fingerprint density at radius 2 is 2.07 bits per heavy atom. The molecule has 7 heteroatoms. The third-order valence-corrected chi connectivity index (χ3v) is 1.88. The summed E-state index contributed by atoms with van der Waals surface area (Å²) in [5.41, 5.74) is 0.0432. The van der Waals surface area contributed by atoms with Crippen LogP contribution in [0, 0.1) is 0 Å². The summed E-state index contributed by atoms with van der Waals surface area (Å²) in [4.78, 5) is 6.80. The van der Waals surface area contributed by atoms with E-state index in [2.05, 4.69) is 25.9 Å². The molecule has 0 N–H and O–H groups in total. The first-order chi connectivity index (χ1) is 6.39. The van der Waals surface area contributed by atoms with Crippen LogP contribution in [0.5, 0.6) is 0 Å². The van der Waals surface area contributed by atoms with E-state index in [-0.39, 0.29) is 5.69 Å². The lowest BCUT2D eigenvalue weighted by Crippen LogP contribution is -2.16. The number of pyridine rings is 1. The van der Waals surface area contributed by atoms with Crippen molar-refractivity contribution in [3.05, 3.63) is 22.9 Å². The lowest BCUT2D eigenvalue weighted by molar-refractivity contribution is -0.0558. The van der Waals surface area contributed by atoms with Gasteiger partial charge in [-0.3, -0.25) is 4.98 Å². The fourth-order valence-electron chi connectivity index (χ4n) is 0.639. The van der Waals surface area contributed by atoms with Gasteiger partial charge in [0.2, 0.25) is 5.17 Å². The van der Waals surface area contributed by atoms with Crippen molar-refractivity contribution in [3.63, 3.8) is 0 Å². The molecule has 1 aromatic heterocycles. The zero-order valence-corrected chi connectivity index (χ0v) is 8.86. The number of hydrogen-bond acceptors (Lipinski definition) is 2. The second-order valence-corrected chi connectivity index (χ2v) is 3.54. The van der Waals surface area contributed by atoms with E-state index in [1.807, 2.05) is 0 Å². The molecule has 0 unspecified atom stereocenters. The molecule has 1 aromatic rings. The topological polar surface area (TPSA) is 25.2 Å². The van der Waals surface area contributed by atoms with Crippen LogP contribution in [-0.2, 0) is 0 Å². The lowest BCUT2D eigenvalue weighted by atomic mass is 10.4. The van der Waals surface area contributed by atoms with Crippen molar-refractivity contribution in [1.82, 2.24) is 4.98 Å². The van der Waals surface area contributed by atoms with Crippen molar-refractivity contribution in [2.75, 3.05) is 0 Å². The SMILES string of the molecule is FC(F)(F)C(Cl)=Nc1cncc(Br)c1. The summed E-state index contributed by atoms with van der Waals surface area (Å²) in [5.74, 6) is 0. The van der Waals surface area contributed by atoms with Gasteiger partial charge in [-0.25, -0.2) is 4.99 Å². The van der Waals surface area contributed by atoms with Crippen LogP contribution in [0.3, 0.4) is 0 Å². The van der Waals surface area contributed by atoms with Crippen molar-refractivity contribution in [1.29, 1.82) is 0 Å². The van der Waals surface area contributed by atoms with Crippen molar-refractivity contribution in [3.8, 4) is 0 Å². The fourth-order valence-corrected chi connectivity index (χ4v) is 1.09. The van der Waals surface area contributed by atoms with Crippen LogP contribution in [-0.4, -0.2) is 16.3 Å². The first-order valence-corrected chi connectivity index (χ1v) is 4.48. The molecule has 0 aliphatic rings. The van der Waals surface area contributed by atoms with Gasteiger partial charge in [0.05, 0.1) is 11.9 Å². The summed E-state index contributed by atoms with van der Waals surface area (Å²) in [6, 6.07) is 1.38. The minimum absolute atomic E-state index is 0.0432. The molecule has 0 spiro atoms. The highest BCUT2D eigenvalue weighted by atomic mass is 79.9. The summed E-state index contributed by atoms with van der Waals surface area (Å²) in [6.45, 7) is 0. The molecule has 0 atom stereocenters. The second-order valence-electron chi connectivity index (χ2n) is 2.26. The van der Waals surface area contributed by atoms with E-state index >= 15 is 0 Å². The largest absolute Gasteiger partial charge is 0.444 e. The van der Waals surface area contributed by atoms with Crippen LogP contribution in [0.1, 0.15) is 0 Å². The molecule has 0 radical (unpaired) electrons. The van der Waals surface area contributed by atoms with E-state index in [1.54, 1.807) is 0 Å². The van der Waals surface area contributed by atoms with Crippen molar-refractivity contribution in [2.45, 2.75) is 6.18 Å². The van der Waals surface area contributed by atoms with Gasteiger partial charge in [-0.2, -0.15) is 13.2 Å². The van der Waals surface area contributed by atoms with Gasteiger partial charge in [0.25, 0.3) is 0 Å². The first kappa shape index (κ1) is 11.5. The number of alkyl halides is 3. The van der Waals surface area contributed by atoms with Crippen LogP contribution in [0.4, 0.5) is 18.9 Å². The molecule has 0 aromatic carbocycles. The van der Waals surface area contributed by atoms with Crippen LogP contribution >= 0.6 is 27.5 Å². The monoisotopic (exact) mass is 286 g/mol. The third-order valence-electron chi connectivity index (χ3n) is 1.15. The first-order valence-electron chi connectivity index (χ1n) is 3.31. The maximum atomic E-state index is 11.9. The molecule has 76 valence electrons. The average Bonchev–Trinajstić information content (AvgIpc) is 2.02. The minimum atomic E-state index is -4.62. The lowest BCUT2D eigenvalue weighted by Gasteiger charge is -2.02. The molecule has 1 heterocycles. The molecule has 0 aliphatic carbocycles. The molecule has 14 heavy (non-hydrogen) atoms. The number of halogens is 5. The predicted molar refractivity (Wildman–Crippen MR) is 50.9 cm³/mol. The van der Waals surface area contributed by atoms with Crippen molar-refractivity contribution < 1.29 is 13.2 Å². The number of rotatable bonds is 1. The molecule has 2 nitrogen and oxygen atoms in total. The zero-order valence-electron chi connectivity index (χ0n) is 6.52. The Morgan fingerprint density at radius 1 is 1.43 bits per heavy atom. The van der Waals surface area contributed by atoms with Gasteiger partial charge >= 0.3 is 6.18 Å². The van der Waals surface area contributed by atoms with Gasteiger partial charge in [0.15, 0.2) is 0 Å². The van der Waals surface area contributed by atoms with E-state index in [1.165, 1.54) is 18.5 Å². The minimum Gasteiger partial charge on any atom is -0.261 e. The molecule has 0 saturated heterocycles. The highest BCUT2D eigenvalue weighted by Gasteiger charge is 2.34. The summed E-state index contributed by atoms with van der Waals surface area (Å²) in [6.07, 6.45) is -2.01. The molecule has 0 amide bonds. The molecular weight excluding hydrogens is 284 g/mol. The van der Waals surface area contributed by atoms with E-state index in [4.69, 9.17) is 11.6 Å². The zero-order chi connectivity index (χ0) is 10.8. The Morgan fingerprint density at radius 3 is 2.57 bits per heavy atom. The number of aromatic nitrogens is 1. The quantitative estimate of drug-likeness (QED) is 0.723. The van der Waals surface area contributed by atoms with Crippen LogP contribution in [0.25, 0.3) is 0 Å². The molecule has 0 saturated carbocycles. The van der Waals surface area contributed by atoms with Gasteiger partial charge in [-0.05, 0) is 22.0 Å². The van der Waals surface area contributed by atoms with E-state index in [9.17, 15) is 13.2 Å². The number of hydrogen-bond donors (Lipinski definition) is 0. The van der Waals surface area contributed by atoms with Crippen molar-refractivity contribution in [2.24, 2.45) is 4.99 Å². The van der Waals surface area contributed by atoms with Gasteiger partial charge in [-0.15, -0.1) is 0 Å². The molecule has 0 fully saturated rings. The summed E-state index contributed by atoms with van der Waals surface area (Å²) in [7, 11) is 0. The Bertz CT molecular complexity index is 364. The Kier molecular flexibility index (Phi) is 3.49. The van der Waals surface area contributed by atoms with Crippen LogP contribution in [0.2, 0.25) is 0 Å². The van der Waals surface area contributed by atoms with Crippen molar-refractivity contribution >= 4 is 38.4 Å². The highest BCUT2D eigenvalue weighted by molar-refractivity contribution is 9.10. The normalized spacial score (nSPS) is 13.1. The molecule has 0 bridgehead atoms. The summed E-state index contributed by atoms with van der Waals surface area (Å²) >= 11 is 7.97. The Hall–Kier alpha value is -0.620. The van der Waals surface area contributed by atoms with Crippen LogP contribution in [0.15, 0.2) is 27.9 Å². The molecular formula is C7H3BrClF3N2. The Labute approximate surface area is 90.9 Å². The van der Waals surface area contributed by atoms with Gasteiger partial charge in [0.1, 0.15) is 0 Å². The maximum absolute atomic E-state index is 11.9. The molecule has 1 rings (SSSR count). The smallest absolute Gasteiger partial charge is 0.261 e. The van der Waals surface area contributed by atoms with Gasteiger partial charge < -0.3 is 0 Å².